The van der Waals surface area contributed by atoms with Crippen molar-refractivity contribution < 1.29 is 67.9 Å². The molecule has 0 amide bonds. The smallest absolute Gasteiger partial charge is 0.527 e. The molecule has 0 saturated heterocycles. The molecular weight excluding hydrogens is 350 g/mol. The maximum atomic E-state index is 11.8. The minimum atomic E-state index is -5.88. The summed E-state index contributed by atoms with van der Waals surface area (Å²) in [6.07, 6.45) is -17.6. The normalized spacial score (nSPS) is 12.8. The van der Waals surface area contributed by atoms with Crippen LogP contribution in [0, 0.1) is 0 Å². The van der Waals surface area contributed by atoms with Gasteiger partial charge in [-0.2, -0.15) is 39.5 Å². The van der Waals surface area contributed by atoms with Crippen molar-refractivity contribution in [3.8, 4) is 0 Å². The topological polar surface area (TPSA) is 78.9 Å². The summed E-state index contributed by atoms with van der Waals surface area (Å²) >= 11 is 0. The van der Waals surface area contributed by atoms with Crippen LogP contribution in [0.4, 0.5) is 39.5 Å². The molecule has 16 heteroatoms. The summed E-state index contributed by atoms with van der Waals surface area (Å²) in [5, 5.41) is 0. The molecule has 0 saturated carbocycles. The number of carbonyl (C=O) groups excluding carboxylic acids is 3. The molecule has 0 aromatic heterocycles. The Hall–Kier alpha value is -2.16. The van der Waals surface area contributed by atoms with E-state index in [1.807, 2.05) is 0 Å². The average Bonchev–Trinajstić information content (AvgIpc) is 2.24. The van der Waals surface area contributed by atoms with Crippen molar-refractivity contribution in [3.63, 3.8) is 0 Å². The van der Waals surface area contributed by atoms with E-state index in [1.54, 1.807) is 0 Å². The maximum absolute atomic E-state index is 11.8. The second-order valence-corrected chi connectivity index (χ2v) is 3.00. The maximum Gasteiger partial charge on any atom is 0.527 e. The van der Waals surface area contributed by atoms with Gasteiger partial charge in [-0.3, -0.25) is 0 Å². The van der Waals surface area contributed by atoms with Gasteiger partial charge in [0.2, 0.25) is 0 Å². The third-order valence-corrected chi connectivity index (χ3v) is 1.30. The van der Waals surface area contributed by atoms with E-state index in [0.29, 0.717) is 0 Å². The molecule has 1 radical (unpaired) electrons. The first kappa shape index (κ1) is 19.8. The Labute approximate surface area is 113 Å². The van der Waals surface area contributed by atoms with Crippen molar-refractivity contribution in [2.45, 2.75) is 18.5 Å². The van der Waals surface area contributed by atoms with Gasteiger partial charge in [-0.25, -0.2) is 14.4 Å². The molecular formula is C6BF9O6-. The van der Waals surface area contributed by atoms with E-state index in [1.165, 1.54) is 0 Å². The lowest BCUT2D eigenvalue weighted by atomic mass is 10.2. The minimum Gasteiger partial charge on any atom is -0.635 e. The Morgan fingerprint density at radius 2 is 0.727 bits per heavy atom. The molecule has 0 N–H and O–H groups in total. The van der Waals surface area contributed by atoms with Crippen LogP contribution in [0.2, 0.25) is 0 Å². The van der Waals surface area contributed by atoms with Gasteiger partial charge in [-0.05, 0) is 0 Å². The summed E-state index contributed by atoms with van der Waals surface area (Å²) in [5.41, 5.74) is 0. The molecule has 0 aliphatic carbocycles. The zero-order valence-corrected chi connectivity index (χ0v) is 9.43. The van der Waals surface area contributed by atoms with Crippen molar-refractivity contribution in [1.82, 2.24) is 0 Å². The Balaban J connectivity index is 5.12. The van der Waals surface area contributed by atoms with Gasteiger partial charge in [-0.15, -0.1) is 0 Å². The number of hydrogen-bond donors (Lipinski definition) is 0. The summed E-state index contributed by atoms with van der Waals surface area (Å²) in [6.45, 7) is 0. The van der Waals surface area contributed by atoms with Crippen molar-refractivity contribution in [2.24, 2.45) is 0 Å². The third-order valence-electron chi connectivity index (χ3n) is 1.30. The molecule has 0 fully saturated rings. The molecule has 0 spiro atoms. The average molecular weight is 350 g/mol. The fourth-order valence-electron chi connectivity index (χ4n) is 0.535. The molecule has 0 aromatic carbocycles. The highest BCUT2D eigenvalue weighted by molar-refractivity contribution is 6.44. The zero-order chi connectivity index (χ0) is 17.9. The highest BCUT2D eigenvalue weighted by Gasteiger charge is 2.46. The molecule has 0 aromatic rings. The van der Waals surface area contributed by atoms with Gasteiger partial charge in [-0.1, -0.05) is 0 Å². The van der Waals surface area contributed by atoms with Crippen molar-refractivity contribution >= 4 is 25.2 Å². The van der Waals surface area contributed by atoms with Gasteiger partial charge in [0, 0.05) is 0 Å². The highest BCUT2D eigenvalue weighted by atomic mass is 19.4. The molecule has 6 nitrogen and oxygen atoms in total. The standard InChI is InChI=1S/C6BF9O6/c8-4(9,10)1(17)20-7(21-2(18)5(11,12)13)22-3(19)6(14,15)16/q-1. The van der Waals surface area contributed by atoms with Crippen molar-refractivity contribution in [3.05, 3.63) is 0 Å². The SMILES string of the molecule is O=C(O[B-](OC(=O)C(F)(F)F)OC(=O)C(F)(F)F)C(F)(F)F. The summed E-state index contributed by atoms with van der Waals surface area (Å²) in [7, 11) is -3.85. The van der Waals surface area contributed by atoms with Crippen molar-refractivity contribution in [1.29, 1.82) is 0 Å². The van der Waals surface area contributed by atoms with E-state index in [2.05, 4.69) is 14.0 Å². The molecule has 127 valence electrons. The third kappa shape index (κ3) is 6.53. The van der Waals surface area contributed by atoms with Crippen LogP contribution in [-0.2, 0) is 28.3 Å². The van der Waals surface area contributed by atoms with Crippen LogP contribution in [-0.4, -0.2) is 43.8 Å². The lowest BCUT2D eigenvalue weighted by Crippen LogP contribution is -2.44. The highest BCUT2D eigenvalue weighted by Crippen LogP contribution is 2.22. The Bertz CT molecular complexity index is 384. The fraction of sp³-hybridized carbons (Fsp3) is 0.500. The lowest BCUT2D eigenvalue weighted by molar-refractivity contribution is -0.206. The van der Waals surface area contributed by atoms with E-state index in [9.17, 15) is 53.9 Å². The number of hydrogen-bond acceptors (Lipinski definition) is 6. The summed E-state index contributed by atoms with van der Waals surface area (Å²) in [4.78, 5) is 30.7. The van der Waals surface area contributed by atoms with Crippen LogP contribution in [0.5, 0.6) is 0 Å². The van der Waals surface area contributed by atoms with Gasteiger partial charge in [0.15, 0.2) is 0 Å². The van der Waals surface area contributed by atoms with Crippen LogP contribution < -0.4 is 0 Å². The first-order valence-electron chi connectivity index (χ1n) is 4.38. The number of carbonyl (C=O) groups is 3. The van der Waals surface area contributed by atoms with Crippen LogP contribution >= 0.6 is 0 Å². The largest absolute Gasteiger partial charge is 0.635 e. The predicted molar refractivity (Wildman–Crippen MR) is 42.2 cm³/mol. The quantitative estimate of drug-likeness (QED) is 0.564. The van der Waals surface area contributed by atoms with Crippen molar-refractivity contribution in [2.75, 3.05) is 0 Å². The number of alkyl halides is 9. The van der Waals surface area contributed by atoms with Gasteiger partial charge in [0.05, 0.1) is 0 Å². The fourth-order valence-corrected chi connectivity index (χ4v) is 0.535. The Kier molecular flexibility index (Phi) is 5.69. The van der Waals surface area contributed by atoms with Crippen LogP contribution in [0.25, 0.3) is 0 Å². The second kappa shape index (κ2) is 6.31. The molecule has 22 heavy (non-hydrogen) atoms. The van der Waals surface area contributed by atoms with E-state index in [4.69, 9.17) is 0 Å². The molecule has 0 aliphatic rings. The van der Waals surface area contributed by atoms with Gasteiger partial charge >= 0.3 is 43.8 Å². The van der Waals surface area contributed by atoms with Gasteiger partial charge in [0.25, 0.3) is 0 Å². The number of rotatable bonds is 3. The summed E-state index contributed by atoms with van der Waals surface area (Å²) < 4.78 is 114. The second-order valence-electron chi connectivity index (χ2n) is 3.00. The summed E-state index contributed by atoms with van der Waals surface area (Å²) in [5.74, 6) is -10.1. The molecule has 0 heterocycles. The molecule has 0 aliphatic heterocycles. The zero-order valence-electron chi connectivity index (χ0n) is 9.43. The van der Waals surface area contributed by atoms with E-state index in [-0.39, 0.29) is 0 Å². The monoisotopic (exact) mass is 350 g/mol. The molecule has 0 atom stereocenters. The molecule has 0 unspecified atom stereocenters. The Morgan fingerprint density at radius 1 is 0.545 bits per heavy atom. The predicted octanol–water partition coefficient (Wildman–Crippen LogP) is 1.29. The van der Waals surface area contributed by atoms with E-state index in [0.717, 1.165) is 0 Å². The van der Waals surface area contributed by atoms with E-state index < -0.39 is 43.8 Å². The lowest BCUT2D eigenvalue weighted by Gasteiger charge is -2.29. The Morgan fingerprint density at radius 3 is 0.864 bits per heavy atom. The van der Waals surface area contributed by atoms with E-state index >= 15 is 0 Å². The molecule has 0 bridgehead atoms. The first-order chi connectivity index (χ1) is 9.55. The molecule has 0 rings (SSSR count). The van der Waals surface area contributed by atoms with Gasteiger partial charge < -0.3 is 14.0 Å². The van der Waals surface area contributed by atoms with Crippen LogP contribution in [0.15, 0.2) is 0 Å². The minimum absolute atomic E-state index is 2.90. The summed E-state index contributed by atoms with van der Waals surface area (Å²) in [6, 6.07) is 0. The first-order valence-corrected chi connectivity index (χ1v) is 4.38. The van der Waals surface area contributed by atoms with Gasteiger partial charge in [0.1, 0.15) is 0 Å². The van der Waals surface area contributed by atoms with Crippen LogP contribution in [0.1, 0.15) is 0 Å². The number of halogens is 9. The van der Waals surface area contributed by atoms with Crippen LogP contribution in [0.3, 0.4) is 0 Å².